The van der Waals surface area contributed by atoms with Crippen molar-refractivity contribution in [2.45, 2.75) is 30.3 Å². The third-order valence-corrected chi connectivity index (χ3v) is 6.14. The Hall–Kier alpha value is -1.91. The number of aromatic nitrogens is 1. The molecule has 0 amide bonds. The van der Waals surface area contributed by atoms with Crippen molar-refractivity contribution in [1.82, 2.24) is 14.6 Å². The number of rotatable bonds is 6. The Morgan fingerprint density at radius 1 is 0.966 bits per heavy atom. The predicted octanol–water partition coefficient (Wildman–Crippen LogP) is 3.86. The maximum Gasteiger partial charge on any atom is 0.200 e. The largest absolute Gasteiger partial charge is 0.368 e. The molecule has 2 aliphatic rings. The van der Waals surface area contributed by atoms with Crippen LogP contribution in [0.1, 0.15) is 18.5 Å². The number of anilines is 1. The fraction of sp³-hybridized carbons (Fsp3) is 0.421. The molecule has 0 spiro atoms. The minimum atomic E-state index is -2.15. The summed E-state index contributed by atoms with van der Waals surface area (Å²) in [5.74, 6) is -9.62. The van der Waals surface area contributed by atoms with Crippen LogP contribution in [0.4, 0.5) is 27.6 Å². The average Bonchev–Trinajstić information content (AvgIpc) is 3.59. The molecule has 2 heterocycles. The van der Waals surface area contributed by atoms with Gasteiger partial charge in [0.15, 0.2) is 23.3 Å². The standard InChI is InChI=1S/C19H19F5N4S/c20-14-15(21)17(23)19(18(24)16(14)22)29-28(12-3-4-12)10-11-1-2-13(9-26-11)27-7-5-25-6-8-27/h1-2,9,12,25H,3-8,10H2. The van der Waals surface area contributed by atoms with Crippen molar-refractivity contribution in [3.8, 4) is 0 Å². The number of hydrogen-bond acceptors (Lipinski definition) is 5. The summed E-state index contributed by atoms with van der Waals surface area (Å²) in [6.07, 6.45) is 3.33. The van der Waals surface area contributed by atoms with Gasteiger partial charge in [0, 0.05) is 32.2 Å². The monoisotopic (exact) mass is 430 g/mol. The van der Waals surface area contributed by atoms with Gasteiger partial charge in [0.05, 0.1) is 24.1 Å². The van der Waals surface area contributed by atoms with Gasteiger partial charge in [0.1, 0.15) is 4.90 Å². The second-order valence-electron chi connectivity index (χ2n) is 7.04. The molecule has 29 heavy (non-hydrogen) atoms. The Labute approximate surface area is 169 Å². The predicted molar refractivity (Wildman–Crippen MR) is 100.0 cm³/mol. The van der Waals surface area contributed by atoms with Crippen LogP contribution in [-0.4, -0.2) is 41.5 Å². The minimum Gasteiger partial charge on any atom is -0.368 e. The van der Waals surface area contributed by atoms with E-state index in [-0.39, 0.29) is 12.6 Å². The van der Waals surface area contributed by atoms with Crippen molar-refractivity contribution < 1.29 is 22.0 Å². The summed E-state index contributed by atoms with van der Waals surface area (Å²) in [7, 11) is 0. The van der Waals surface area contributed by atoms with E-state index in [0.717, 1.165) is 44.7 Å². The van der Waals surface area contributed by atoms with E-state index in [9.17, 15) is 22.0 Å². The Morgan fingerprint density at radius 3 is 2.14 bits per heavy atom. The molecule has 1 N–H and O–H groups in total. The topological polar surface area (TPSA) is 31.4 Å². The van der Waals surface area contributed by atoms with Crippen LogP contribution in [0.15, 0.2) is 23.2 Å². The van der Waals surface area contributed by atoms with Crippen LogP contribution >= 0.6 is 11.9 Å². The molecule has 1 aliphatic carbocycles. The first-order valence-corrected chi connectivity index (χ1v) is 10.1. The number of piperazine rings is 1. The highest BCUT2D eigenvalue weighted by Gasteiger charge is 2.34. The van der Waals surface area contributed by atoms with Crippen molar-refractivity contribution >= 4 is 17.6 Å². The van der Waals surface area contributed by atoms with Crippen LogP contribution in [0.2, 0.25) is 0 Å². The van der Waals surface area contributed by atoms with Gasteiger partial charge in [0.2, 0.25) is 5.82 Å². The molecule has 156 valence electrons. The van der Waals surface area contributed by atoms with E-state index in [4.69, 9.17) is 0 Å². The summed E-state index contributed by atoms with van der Waals surface area (Å²) in [4.78, 5) is 5.75. The number of pyridine rings is 1. The van der Waals surface area contributed by atoms with E-state index in [0.29, 0.717) is 17.6 Å². The Balaban J connectivity index is 1.51. The molecular formula is C19H19F5N4S. The smallest absolute Gasteiger partial charge is 0.200 e. The van der Waals surface area contributed by atoms with Crippen LogP contribution in [-0.2, 0) is 6.54 Å². The number of nitrogens with one attached hydrogen (secondary N) is 1. The third kappa shape index (κ3) is 4.34. The van der Waals surface area contributed by atoms with Gasteiger partial charge >= 0.3 is 0 Å². The molecule has 1 aromatic heterocycles. The molecule has 10 heteroatoms. The van der Waals surface area contributed by atoms with Gasteiger partial charge in [-0.25, -0.2) is 26.3 Å². The zero-order valence-electron chi connectivity index (χ0n) is 15.4. The number of hydrogen-bond donors (Lipinski definition) is 1. The van der Waals surface area contributed by atoms with Gasteiger partial charge in [-0.15, -0.1) is 0 Å². The molecule has 0 bridgehead atoms. The highest BCUT2D eigenvalue weighted by atomic mass is 32.2. The van der Waals surface area contributed by atoms with Gasteiger partial charge in [0.25, 0.3) is 0 Å². The highest BCUT2D eigenvalue weighted by molar-refractivity contribution is 7.97. The fourth-order valence-electron chi connectivity index (χ4n) is 3.16. The first kappa shape index (κ1) is 20.4. The molecule has 4 nitrogen and oxygen atoms in total. The zero-order chi connectivity index (χ0) is 20.5. The summed E-state index contributed by atoms with van der Waals surface area (Å²) >= 11 is 0.555. The second-order valence-corrected chi connectivity index (χ2v) is 8.10. The first-order chi connectivity index (χ1) is 14.0. The van der Waals surface area contributed by atoms with Crippen LogP contribution in [0.5, 0.6) is 0 Å². The zero-order valence-corrected chi connectivity index (χ0v) is 16.2. The van der Waals surface area contributed by atoms with Crippen LogP contribution < -0.4 is 10.2 Å². The highest BCUT2D eigenvalue weighted by Crippen LogP contribution is 2.40. The molecule has 1 aliphatic heterocycles. The Kier molecular flexibility index (Phi) is 5.93. The molecule has 4 rings (SSSR count). The van der Waals surface area contributed by atoms with Crippen LogP contribution in [0.25, 0.3) is 0 Å². The SMILES string of the molecule is Fc1c(F)c(F)c(SN(Cc2ccc(N3CCNCC3)cn2)C2CC2)c(F)c1F. The average molecular weight is 430 g/mol. The normalized spacial score (nSPS) is 17.2. The lowest BCUT2D eigenvalue weighted by Gasteiger charge is -2.29. The molecule has 1 saturated carbocycles. The lowest BCUT2D eigenvalue weighted by molar-refractivity contribution is 0.358. The van der Waals surface area contributed by atoms with E-state index in [1.807, 2.05) is 12.1 Å². The van der Waals surface area contributed by atoms with Crippen LogP contribution in [0.3, 0.4) is 0 Å². The van der Waals surface area contributed by atoms with Gasteiger partial charge in [-0.1, -0.05) is 0 Å². The van der Waals surface area contributed by atoms with Crippen LogP contribution in [0, 0.1) is 29.1 Å². The number of halogens is 5. The maximum atomic E-state index is 14.0. The molecule has 0 radical (unpaired) electrons. The minimum absolute atomic E-state index is 0.00428. The van der Waals surface area contributed by atoms with E-state index in [2.05, 4.69) is 15.2 Å². The van der Waals surface area contributed by atoms with Crippen molar-refractivity contribution in [2.24, 2.45) is 0 Å². The summed E-state index contributed by atoms with van der Waals surface area (Å²) in [5, 5.41) is 3.28. The molecule has 0 unspecified atom stereocenters. The summed E-state index contributed by atoms with van der Waals surface area (Å²) in [6, 6.07) is 3.76. The van der Waals surface area contributed by atoms with E-state index in [1.54, 1.807) is 10.5 Å². The van der Waals surface area contributed by atoms with Crippen molar-refractivity contribution in [3.05, 3.63) is 53.1 Å². The lowest BCUT2D eigenvalue weighted by atomic mass is 10.2. The molecule has 2 fully saturated rings. The van der Waals surface area contributed by atoms with E-state index >= 15 is 0 Å². The third-order valence-electron chi connectivity index (χ3n) is 4.94. The molecule has 2 aromatic rings. The van der Waals surface area contributed by atoms with Gasteiger partial charge in [-0.05, 0) is 36.9 Å². The summed E-state index contributed by atoms with van der Waals surface area (Å²) in [5.41, 5.74) is 1.65. The van der Waals surface area contributed by atoms with Crippen molar-refractivity contribution in [3.63, 3.8) is 0 Å². The molecular weight excluding hydrogens is 411 g/mol. The quantitative estimate of drug-likeness (QED) is 0.326. The van der Waals surface area contributed by atoms with Crippen molar-refractivity contribution in [2.75, 3.05) is 31.1 Å². The molecule has 0 atom stereocenters. The van der Waals surface area contributed by atoms with E-state index < -0.39 is 34.0 Å². The second kappa shape index (κ2) is 8.45. The van der Waals surface area contributed by atoms with Crippen molar-refractivity contribution in [1.29, 1.82) is 0 Å². The fourth-order valence-corrected chi connectivity index (χ4v) is 4.29. The summed E-state index contributed by atoms with van der Waals surface area (Å²) < 4.78 is 70.0. The number of nitrogens with zero attached hydrogens (tertiary/aromatic N) is 3. The van der Waals surface area contributed by atoms with Gasteiger partial charge < -0.3 is 10.2 Å². The number of benzene rings is 1. The summed E-state index contributed by atoms with van der Waals surface area (Å²) in [6.45, 7) is 3.79. The maximum absolute atomic E-state index is 14.0. The Morgan fingerprint density at radius 2 is 1.59 bits per heavy atom. The van der Waals surface area contributed by atoms with Gasteiger partial charge in [-0.3, -0.25) is 4.98 Å². The first-order valence-electron chi connectivity index (χ1n) is 9.32. The molecule has 1 aromatic carbocycles. The Bertz CT molecular complexity index is 856. The van der Waals surface area contributed by atoms with E-state index in [1.165, 1.54) is 0 Å². The lowest BCUT2D eigenvalue weighted by Crippen LogP contribution is -2.43. The van der Waals surface area contributed by atoms with Gasteiger partial charge in [-0.2, -0.15) is 0 Å². The molecule has 1 saturated heterocycles.